The van der Waals surface area contributed by atoms with Gasteiger partial charge in [0.1, 0.15) is 5.75 Å². The Morgan fingerprint density at radius 3 is 2.53 bits per heavy atom. The van der Waals surface area contributed by atoms with Crippen LogP contribution in [-0.4, -0.2) is 15.3 Å². The molecule has 4 heteroatoms. The van der Waals surface area contributed by atoms with Crippen LogP contribution >= 0.6 is 0 Å². The van der Waals surface area contributed by atoms with Crippen LogP contribution in [-0.2, 0) is 6.61 Å². The van der Waals surface area contributed by atoms with Crippen molar-refractivity contribution in [2.45, 2.75) is 6.61 Å². The Balaban J connectivity index is 2.11. The van der Waals surface area contributed by atoms with Crippen LogP contribution in [0.5, 0.6) is 11.6 Å². The van der Waals surface area contributed by atoms with Crippen LogP contribution in [0, 0.1) is 0 Å². The molecule has 76 valence electrons. The largest absolute Gasteiger partial charge is 0.438 e. The average Bonchev–Trinajstić information content (AvgIpc) is 2.31. The fourth-order valence-electron chi connectivity index (χ4n) is 1.13. The van der Waals surface area contributed by atoms with Gasteiger partial charge >= 0.3 is 0 Å². The van der Waals surface area contributed by atoms with E-state index in [2.05, 4.69) is 10.2 Å². The van der Waals surface area contributed by atoms with Gasteiger partial charge < -0.3 is 9.84 Å². The molecule has 1 aromatic carbocycles. The molecule has 1 N–H and O–H groups in total. The first-order valence-electron chi connectivity index (χ1n) is 4.54. The third-order valence-corrected chi connectivity index (χ3v) is 1.88. The predicted molar refractivity (Wildman–Crippen MR) is 54.5 cm³/mol. The van der Waals surface area contributed by atoms with Crippen LogP contribution in [0.1, 0.15) is 5.56 Å². The molecule has 1 heterocycles. The van der Waals surface area contributed by atoms with Crippen LogP contribution in [0.15, 0.2) is 42.6 Å². The lowest BCUT2D eigenvalue weighted by molar-refractivity contribution is 0.281. The van der Waals surface area contributed by atoms with Gasteiger partial charge in [-0.05, 0) is 23.8 Å². The summed E-state index contributed by atoms with van der Waals surface area (Å²) in [5, 5.41) is 16.3. The smallest absolute Gasteiger partial charge is 0.238 e. The number of aliphatic hydroxyl groups excluding tert-OH is 1. The SMILES string of the molecule is OCc1ccc(Oc2cccnn2)cc1. The molecule has 0 saturated carbocycles. The second kappa shape index (κ2) is 4.52. The van der Waals surface area contributed by atoms with Gasteiger partial charge in [-0.15, -0.1) is 5.10 Å². The maximum atomic E-state index is 8.86. The Morgan fingerprint density at radius 2 is 1.93 bits per heavy atom. The molecular weight excluding hydrogens is 192 g/mol. The molecule has 0 aliphatic carbocycles. The Hall–Kier alpha value is -1.94. The molecule has 2 rings (SSSR count). The minimum atomic E-state index is 0.0332. The lowest BCUT2D eigenvalue weighted by Crippen LogP contribution is -1.89. The molecule has 0 fully saturated rings. The number of ether oxygens (including phenoxy) is 1. The first-order valence-corrected chi connectivity index (χ1v) is 4.54. The summed E-state index contributed by atoms with van der Waals surface area (Å²) in [6, 6.07) is 10.6. The van der Waals surface area contributed by atoms with E-state index in [9.17, 15) is 0 Å². The quantitative estimate of drug-likeness (QED) is 0.823. The zero-order valence-corrected chi connectivity index (χ0v) is 8.00. The van der Waals surface area contributed by atoms with Gasteiger partial charge in [-0.2, -0.15) is 5.10 Å². The van der Waals surface area contributed by atoms with Crippen molar-refractivity contribution in [1.29, 1.82) is 0 Å². The number of rotatable bonds is 3. The van der Waals surface area contributed by atoms with Crippen molar-refractivity contribution in [3.05, 3.63) is 48.2 Å². The maximum Gasteiger partial charge on any atom is 0.238 e. The molecule has 0 aliphatic heterocycles. The molecule has 0 aliphatic rings. The van der Waals surface area contributed by atoms with Crippen molar-refractivity contribution in [3.63, 3.8) is 0 Å². The summed E-state index contributed by atoms with van der Waals surface area (Å²) < 4.78 is 5.42. The Labute approximate surface area is 87.2 Å². The fraction of sp³-hybridized carbons (Fsp3) is 0.0909. The van der Waals surface area contributed by atoms with Gasteiger partial charge in [-0.3, -0.25) is 0 Å². The number of nitrogens with zero attached hydrogens (tertiary/aromatic N) is 2. The van der Waals surface area contributed by atoms with Gasteiger partial charge in [0, 0.05) is 12.3 Å². The van der Waals surface area contributed by atoms with Crippen LogP contribution in [0.4, 0.5) is 0 Å². The monoisotopic (exact) mass is 202 g/mol. The number of hydrogen-bond acceptors (Lipinski definition) is 4. The third kappa shape index (κ3) is 2.51. The van der Waals surface area contributed by atoms with E-state index in [4.69, 9.17) is 9.84 Å². The van der Waals surface area contributed by atoms with Crippen LogP contribution in [0.25, 0.3) is 0 Å². The molecular formula is C11H10N2O2. The number of benzene rings is 1. The van der Waals surface area contributed by atoms with E-state index in [0.717, 1.165) is 5.56 Å². The summed E-state index contributed by atoms with van der Waals surface area (Å²) >= 11 is 0. The molecule has 0 spiro atoms. The van der Waals surface area contributed by atoms with Crippen molar-refractivity contribution in [2.75, 3.05) is 0 Å². The normalized spacial score (nSPS) is 9.93. The van der Waals surface area contributed by atoms with Crippen LogP contribution in [0.3, 0.4) is 0 Å². The van der Waals surface area contributed by atoms with Gasteiger partial charge in [0.25, 0.3) is 0 Å². The standard InChI is InChI=1S/C11H10N2O2/c14-8-9-3-5-10(6-4-9)15-11-2-1-7-12-13-11/h1-7,14H,8H2. The summed E-state index contributed by atoms with van der Waals surface area (Å²) in [6.45, 7) is 0.0332. The van der Waals surface area contributed by atoms with E-state index in [1.54, 1.807) is 42.6 Å². The number of aromatic nitrogens is 2. The summed E-state index contributed by atoms with van der Waals surface area (Å²) in [6.07, 6.45) is 1.59. The minimum absolute atomic E-state index is 0.0332. The Morgan fingerprint density at radius 1 is 1.13 bits per heavy atom. The van der Waals surface area contributed by atoms with E-state index in [-0.39, 0.29) is 6.61 Å². The predicted octanol–water partition coefficient (Wildman–Crippen LogP) is 1.76. The van der Waals surface area contributed by atoms with E-state index < -0.39 is 0 Å². The molecule has 4 nitrogen and oxygen atoms in total. The van der Waals surface area contributed by atoms with Gasteiger partial charge in [0.2, 0.25) is 5.88 Å². The topological polar surface area (TPSA) is 55.2 Å². The minimum Gasteiger partial charge on any atom is -0.438 e. The van der Waals surface area contributed by atoms with Crippen molar-refractivity contribution >= 4 is 0 Å². The van der Waals surface area contributed by atoms with Crippen LogP contribution in [0.2, 0.25) is 0 Å². The molecule has 0 unspecified atom stereocenters. The highest BCUT2D eigenvalue weighted by Gasteiger charge is 1.97. The highest BCUT2D eigenvalue weighted by molar-refractivity contribution is 5.29. The molecule has 1 aromatic heterocycles. The molecule has 0 amide bonds. The molecule has 0 bridgehead atoms. The molecule has 2 aromatic rings. The first-order chi connectivity index (χ1) is 7.38. The second-order valence-corrected chi connectivity index (χ2v) is 2.97. The number of hydrogen-bond donors (Lipinski definition) is 1. The summed E-state index contributed by atoms with van der Waals surface area (Å²) in [7, 11) is 0. The van der Waals surface area contributed by atoms with Crippen molar-refractivity contribution < 1.29 is 9.84 Å². The van der Waals surface area contributed by atoms with E-state index >= 15 is 0 Å². The van der Waals surface area contributed by atoms with E-state index in [1.165, 1.54) is 0 Å². The highest BCUT2D eigenvalue weighted by atomic mass is 16.5. The van der Waals surface area contributed by atoms with Crippen LogP contribution < -0.4 is 4.74 Å². The maximum absolute atomic E-state index is 8.86. The van der Waals surface area contributed by atoms with E-state index in [0.29, 0.717) is 11.6 Å². The molecule has 15 heavy (non-hydrogen) atoms. The molecule has 0 atom stereocenters. The fourth-order valence-corrected chi connectivity index (χ4v) is 1.13. The highest BCUT2D eigenvalue weighted by Crippen LogP contribution is 2.18. The van der Waals surface area contributed by atoms with Crippen molar-refractivity contribution in [2.24, 2.45) is 0 Å². The number of aliphatic hydroxyl groups is 1. The van der Waals surface area contributed by atoms with E-state index in [1.807, 2.05) is 0 Å². The zero-order chi connectivity index (χ0) is 10.5. The van der Waals surface area contributed by atoms with Crippen molar-refractivity contribution in [1.82, 2.24) is 10.2 Å². The second-order valence-electron chi connectivity index (χ2n) is 2.97. The average molecular weight is 202 g/mol. The van der Waals surface area contributed by atoms with Gasteiger partial charge in [0.05, 0.1) is 6.61 Å². The van der Waals surface area contributed by atoms with Gasteiger partial charge in [0.15, 0.2) is 0 Å². The summed E-state index contributed by atoms with van der Waals surface area (Å²) in [5.74, 6) is 1.13. The summed E-state index contributed by atoms with van der Waals surface area (Å²) in [5.41, 5.74) is 0.849. The van der Waals surface area contributed by atoms with Gasteiger partial charge in [-0.25, -0.2) is 0 Å². The van der Waals surface area contributed by atoms with Gasteiger partial charge in [-0.1, -0.05) is 12.1 Å². The first kappa shape index (κ1) is 9.61. The molecule has 0 radical (unpaired) electrons. The van der Waals surface area contributed by atoms with Crippen molar-refractivity contribution in [3.8, 4) is 11.6 Å². The third-order valence-electron chi connectivity index (χ3n) is 1.88. The molecule has 0 saturated heterocycles. The lowest BCUT2D eigenvalue weighted by atomic mass is 10.2. The summed E-state index contributed by atoms with van der Waals surface area (Å²) in [4.78, 5) is 0. The Bertz CT molecular complexity index is 414. The zero-order valence-electron chi connectivity index (χ0n) is 8.00. The lowest BCUT2D eigenvalue weighted by Gasteiger charge is -2.03. The Kier molecular flexibility index (Phi) is 2.90.